The second-order valence-corrected chi connectivity index (χ2v) is 3.97. The van der Waals surface area contributed by atoms with Crippen molar-refractivity contribution in [2.24, 2.45) is 5.73 Å². The Morgan fingerprint density at radius 2 is 2.00 bits per heavy atom. The van der Waals surface area contributed by atoms with Gasteiger partial charge in [0.15, 0.2) is 0 Å². The second-order valence-electron chi connectivity index (χ2n) is 3.97. The maximum absolute atomic E-state index is 5.81. The molecule has 1 unspecified atom stereocenters. The number of hydrogen-bond donors (Lipinski definition) is 2. The number of nitrogens with one attached hydrogen (secondary N) is 1. The molecule has 1 atom stereocenters. The zero-order valence-corrected chi connectivity index (χ0v) is 10.2. The van der Waals surface area contributed by atoms with E-state index >= 15 is 0 Å². The predicted octanol–water partition coefficient (Wildman–Crippen LogP) is 1.56. The van der Waals surface area contributed by atoms with Gasteiger partial charge in [-0.2, -0.15) is 0 Å². The van der Waals surface area contributed by atoms with Crippen LogP contribution in [0.3, 0.4) is 0 Å². The maximum Gasteiger partial charge on any atom is 0.118 e. The molecule has 0 spiro atoms. The lowest BCUT2D eigenvalue weighted by Gasteiger charge is -2.10. The van der Waals surface area contributed by atoms with Crippen LogP contribution in [0, 0.1) is 0 Å². The lowest BCUT2D eigenvalue weighted by Crippen LogP contribution is -2.34. The minimum Gasteiger partial charge on any atom is -0.497 e. The van der Waals surface area contributed by atoms with Crippen molar-refractivity contribution in [3.8, 4) is 5.75 Å². The third-order valence-corrected chi connectivity index (χ3v) is 2.68. The summed E-state index contributed by atoms with van der Waals surface area (Å²) in [6, 6.07) is 8.46. The van der Waals surface area contributed by atoms with E-state index in [1.54, 1.807) is 7.11 Å². The van der Waals surface area contributed by atoms with Gasteiger partial charge in [-0.05, 0) is 37.1 Å². The van der Waals surface area contributed by atoms with Gasteiger partial charge in [-0.3, -0.25) is 0 Å². The average molecular weight is 222 g/mol. The monoisotopic (exact) mass is 222 g/mol. The summed E-state index contributed by atoms with van der Waals surface area (Å²) >= 11 is 0. The topological polar surface area (TPSA) is 47.3 Å². The number of hydrogen-bond acceptors (Lipinski definition) is 3. The fraction of sp³-hybridized carbons (Fsp3) is 0.538. The van der Waals surface area contributed by atoms with E-state index in [0.717, 1.165) is 31.7 Å². The van der Waals surface area contributed by atoms with Crippen LogP contribution in [-0.4, -0.2) is 26.2 Å². The van der Waals surface area contributed by atoms with Gasteiger partial charge < -0.3 is 15.8 Å². The quantitative estimate of drug-likeness (QED) is 0.688. The van der Waals surface area contributed by atoms with Crippen LogP contribution >= 0.6 is 0 Å². The van der Waals surface area contributed by atoms with E-state index in [1.165, 1.54) is 5.56 Å². The average Bonchev–Trinajstić information content (AvgIpc) is 2.35. The van der Waals surface area contributed by atoms with Gasteiger partial charge in [0, 0.05) is 12.6 Å². The summed E-state index contributed by atoms with van der Waals surface area (Å²) in [5.41, 5.74) is 7.13. The second kappa shape index (κ2) is 7.25. The van der Waals surface area contributed by atoms with Gasteiger partial charge in [-0.15, -0.1) is 0 Å². The Morgan fingerprint density at radius 1 is 1.31 bits per heavy atom. The van der Waals surface area contributed by atoms with Crippen molar-refractivity contribution < 1.29 is 4.74 Å². The normalized spacial score (nSPS) is 12.4. The third kappa shape index (κ3) is 4.64. The highest BCUT2D eigenvalue weighted by atomic mass is 16.5. The molecular formula is C13H22N2O. The summed E-state index contributed by atoms with van der Waals surface area (Å²) in [5, 5.41) is 3.36. The van der Waals surface area contributed by atoms with Crippen molar-refractivity contribution in [2.45, 2.75) is 25.8 Å². The van der Waals surface area contributed by atoms with Crippen LogP contribution in [0.1, 0.15) is 18.9 Å². The first-order chi connectivity index (χ1) is 7.76. The fourth-order valence-corrected chi connectivity index (χ4v) is 1.46. The minimum absolute atomic E-state index is 0.274. The van der Waals surface area contributed by atoms with Crippen LogP contribution in [0.4, 0.5) is 0 Å². The van der Waals surface area contributed by atoms with Crippen LogP contribution in [0.2, 0.25) is 0 Å². The van der Waals surface area contributed by atoms with Gasteiger partial charge in [0.05, 0.1) is 7.11 Å². The van der Waals surface area contributed by atoms with E-state index in [0.29, 0.717) is 0 Å². The molecule has 1 aromatic carbocycles. The summed E-state index contributed by atoms with van der Waals surface area (Å²) in [5.74, 6) is 0.907. The molecule has 0 saturated heterocycles. The van der Waals surface area contributed by atoms with Crippen molar-refractivity contribution in [1.29, 1.82) is 0 Å². The molecule has 0 bridgehead atoms. The van der Waals surface area contributed by atoms with Crippen LogP contribution < -0.4 is 15.8 Å². The molecule has 0 heterocycles. The molecule has 0 aliphatic carbocycles. The molecule has 0 aliphatic heterocycles. The molecule has 3 nitrogen and oxygen atoms in total. The van der Waals surface area contributed by atoms with E-state index in [-0.39, 0.29) is 6.04 Å². The lowest BCUT2D eigenvalue weighted by molar-refractivity contribution is 0.414. The van der Waals surface area contributed by atoms with Gasteiger partial charge in [0.2, 0.25) is 0 Å². The van der Waals surface area contributed by atoms with Gasteiger partial charge in [-0.25, -0.2) is 0 Å². The zero-order valence-electron chi connectivity index (χ0n) is 10.2. The summed E-state index contributed by atoms with van der Waals surface area (Å²) < 4.78 is 5.11. The van der Waals surface area contributed by atoms with Crippen molar-refractivity contribution in [1.82, 2.24) is 5.32 Å². The van der Waals surface area contributed by atoms with Crippen molar-refractivity contribution in [3.63, 3.8) is 0 Å². The van der Waals surface area contributed by atoms with E-state index in [1.807, 2.05) is 12.1 Å². The Kier molecular flexibility index (Phi) is 5.90. The molecule has 0 aromatic heterocycles. The van der Waals surface area contributed by atoms with E-state index in [9.17, 15) is 0 Å². The molecule has 0 saturated carbocycles. The van der Waals surface area contributed by atoms with E-state index in [4.69, 9.17) is 10.5 Å². The molecule has 16 heavy (non-hydrogen) atoms. The Labute approximate surface area is 98.0 Å². The van der Waals surface area contributed by atoms with Crippen LogP contribution in [0.25, 0.3) is 0 Å². The van der Waals surface area contributed by atoms with Gasteiger partial charge >= 0.3 is 0 Å². The molecule has 3 N–H and O–H groups in total. The number of benzene rings is 1. The summed E-state index contributed by atoms with van der Waals surface area (Å²) in [7, 11) is 1.68. The molecule has 1 rings (SSSR count). The van der Waals surface area contributed by atoms with Crippen LogP contribution in [-0.2, 0) is 6.42 Å². The molecular weight excluding hydrogens is 200 g/mol. The molecule has 90 valence electrons. The van der Waals surface area contributed by atoms with E-state index < -0.39 is 0 Å². The Morgan fingerprint density at radius 3 is 2.56 bits per heavy atom. The van der Waals surface area contributed by atoms with Gasteiger partial charge in [-0.1, -0.05) is 19.1 Å². The minimum atomic E-state index is 0.274. The highest BCUT2D eigenvalue weighted by molar-refractivity contribution is 5.27. The molecule has 3 heteroatoms. The number of nitrogens with two attached hydrogens (primary N) is 1. The largest absolute Gasteiger partial charge is 0.497 e. The Balaban J connectivity index is 2.21. The first-order valence-electron chi connectivity index (χ1n) is 5.85. The van der Waals surface area contributed by atoms with Crippen LogP contribution in [0.5, 0.6) is 5.75 Å². The first kappa shape index (κ1) is 13.0. The number of rotatable bonds is 7. The smallest absolute Gasteiger partial charge is 0.118 e. The van der Waals surface area contributed by atoms with Crippen LogP contribution in [0.15, 0.2) is 24.3 Å². The van der Waals surface area contributed by atoms with Crippen molar-refractivity contribution >= 4 is 0 Å². The number of ether oxygens (including phenoxy) is 1. The Bertz CT molecular complexity index is 284. The molecule has 0 aliphatic rings. The lowest BCUT2D eigenvalue weighted by atomic mass is 10.1. The molecule has 1 aromatic rings. The SMILES string of the molecule is CCC(N)CNCCc1ccc(OC)cc1. The summed E-state index contributed by atoms with van der Waals surface area (Å²) in [4.78, 5) is 0. The highest BCUT2D eigenvalue weighted by Crippen LogP contribution is 2.11. The number of methoxy groups -OCH3 is 1. The van der Waals surface area contributed by atoms with E-state index in [2.05, 4.69) is 24.4 Å². The summed E-state index contributed by atoms with van der Waals surface area (Å²) in [6.07, 6.45) is 2.05. The summed E-state index contributed by atoms with van der Waals surface area (Å²) in [6.45, 7) is 3.97. The van der Waals surface area contributed by atoms with Crippen molar-refractivity contribution in [2.75, 3.05) is 20.2 Å². The Hall–Kier alpha value is -1.06. The standard InChI is InChI=1S/C13H22N2O/c1-3-12(14)10-15-9-8-11-4-6-13(16-2)7-5-11/h4-7,12,15H,3,8-10,14H2,1-2H3. The third-order valence-electron chi connectivity index (χ3n) is 2.68. The van der Waals surface area contributed by atoms with Gasteiger partial charge in [0.25, 0.3) is 0 Å². The van der Waals surface area contributed by atoms with Gasteiger partial charge in [0.1, 0.15) is 5.75 Å². The molecule has 0 amide bonds. The maximum atomic E-state index is 5.81. The fourth-order valence-electron chi connectivity index (χ4n) is 1.46. The predicted molar refractivity (Wildman–Crippen MR) is 67.8 cm³/mol. The highest BCUT2D eigenvalue weighted by Gasteiger charge is 1.98. The molecule has 0 radical (unpaired) electrons. The first-order valence-corrected chi connectivity index (χ1v) is 5.85. The molecule has 0 fully saturated rings. The zero-order chi connectivity index (χ0) is 11.8. The van der Waals surface area contributed by atoms with Crippen molar-refractivity contribution in [3.05, 3.63) is 29.8 Å².